The third-order valence-electron chi connectivity index (χ3n) is 2.93. The van der Waals surface area contributed by atoms with Crippen LogP contribution in [-0.2, 0) is 0 Å². The summed E-state index contributed by atoms with van der Waals surface area (Å²) < 4.78 is 29.5. The van der Waals surface area contributed by atoms with Crippen LogP contribution in [0.2, 0.25) is 0 Å². The average molecular weight is 328 g/mol. The zero-order valence-corrected chi connectivity index (χ0v) is 13.0. The van der Waals surface area contributed by atoms with E-state index in [0.29, 0.717) is 18.1 Å². The minimum absolute atomic E-state index is 0.0511. The number of hydrogen-bond acceptors (Lipinski definition) is 4. The third-order valence-corrected chi connectivity index (χ3v) is 2.93. The average Bonchev–Trinajstić information content (AvgIpc) is 2.60. The predicted molar refractivity (Wildman–Crippen MR) is 89.2 cm³/mol. The van der Waals surface area contributed by atoms with Crippen molar-refractivity contribution in [2.75, 3.05) is 13.2 Å². The molecule has 0 radical (unpaired) electrons. The summed E-state index contributed by atoms with van der Waals surface area (Å²) >= 11 is 0. The molecule has 24 heavy (non-hydrogen) atoms. The highest BCUT2D eigenvalue weighted by atomic mass is 19.1. The maximum absolute atomic E-state index is 13.9. The maximum atomic E-state index is 13.9. The van der Waals surface area contributed by atoms with E-state index in [0.717, 1.165) is 6.07 Å². The molecule has 0 heterocycles. The van der Waals surface area contributed by atoms with Crippen LogP contribution >= 0.6 is 0 Å². The fourth-order valence-electron chi connectivity index (χ4n) is 1.82. The van der Waals surface area contributed by atoms with Gasteiger partial charge in [0, 0.05) is 0 Å². The minimum Gasteiger partial charge on any atom is -0.490 e. The van der Waals surface area contributed by atoms with Crippen LogP contribution in [0.5, 0.6) is 17.2 Å². The first-order chi connectivity index (χ1) is 11.6. The normalized spacial score (nSPS) is 9.88. The van der Waals surface area contributed by atoms with Gasteiger partial charge in [-0.25, -0.2) is 9.18 Å². The van der Waals surface area contributed by atoms with Gasteiger partial charge >= 0.3 is 5.97 Å². The van der Waals surface area contributed by atoms with Gasteiger partial charge in [-0.2, -0.15) is 0 Å². The smallest absolute Gasteiger partial charge is 0.343 e. The Labute approximate surface area is 139 Å². The van der Waals surface area contributed by atoms with Gasteiger partial charge < -0.3 is 14.2 Å². The van der Waals surface area contributed by atoms with Gasteiger partial charge in [0.25, 0.3) is 0 Å². The lowest BCUT2D eigenvalue weighted by Gasteiger charge is -2.08. The number of carbonyl (C=O) groups excluding carboxylic acids is 1. The number of carbonyl (C=O) groups is 1. The van der Waals surface area contributed by atoms with Crippen LogP contribution < -0.4 is 14.2 Å². The van der Waals surface area contributed by atoms with E-state index in [1.54, 1.807) is 30.3 Å². The summed E-state index contributed by atoms with van der Waals surface area (Å²) in [5, 5.41) is 0. The standard InChI is InChI=1S/C19H17FO4/c1-3-11-22-15-6-8-16(9-7-15)24-19(21)14-5-10-18(17(20)13-14)23-12-4-2/h3-10,13H,1-2,11-12H2. The van der Waals surface area contributed by atoms with Crippen molar-refractivity contribution in [1.29, 1.82) is 0 Å². The summed E-state index contributed by atoms with van der Waals surface area (Å²) in [6.45, 7) is 7.61. The number of rotatable bonds is 8. The molecule has 0 saturated heterocycles. The summed E-state index contributed by atoms with van der Waals surface area (Å²) in [6, 6.07) is 10.4. The molecule has 2 aromatic rings. The van der Waals surface area contributed by atoms with E-state index in [-0.39, 0.29) is 17.9 Å². The monoisotopic (exact) mass is 328 g/mol. The van der Waals surface area contributed by atoms with Crippen molar-refractivity contribution >= 4 is 5.97 Å². The first-order valence-electron chi connectivity index (χ1n) is 7.23. The van der Waals surface area contributed by atoms with Crippen molar-refractivity contribution < 1.29 is 23.4 Å². The molecule has 2 aromatic carbocycles. The molecular weight excluding hydrogens is 311 g/mol. The molecule has 0 amide bonds. The van der Waals surface area contributed by atoms with Gasteiger partial charge in [-0.05, 0) is 42.5 Å². The highest BCUT2D eigenvalue weighted by Crippen LogP contribution is 2.21. The van der Waals surface area contributed by atoms with Crippen molar-refractivity contribution in [1.82, 2.24) is 0 Å². The van der Waals surface area contributed by atoms with Crippen molar-refractivity contribution in [3.8, 4) is 17.2 Å². The number of ether oxygens (including phenoxy) is 3. The van der Waals surface area contributed by atoms with Gasteiger partial charge in [0.2, 0.25) is 0 Å². The molecule has 0 N–H and O–H groups in total. The summed E-state index contributed by atoms with van der Waals surface area (Å²) in [6.07, 6.45) is 3.13. The summed E-state index contributed by atoms with van der Waals surface area (Å²) in [7, 11) is 0. The van der Waals surface area contributed by atoms with Crippen LogP contribution in [0, 0.1) is 5.82 Å². The number of halogens is 1. The van der Waals surface area contributed by atoms with Crippen LogP contribution in [0.3, 0.4) is 0 Å². The van der Waals surface area contributed by atoms with Crippen LogP contribution in [0.1, 0.15) is 10.4 Å². The van der Waals surface area contributed by atoms with Gasteiger partial charge in [0.15, 0.2) is 11.6 Å². The van der Waals surface area contributed by atoms with Gasteiger partial charge in [0.05, 0.1) is 5.56 Å². The van der Waals surface area contributed by atoms with Crippen molar-refractivity contribution in [2.24, 2.45) is 0 Å². The molecule has 2 rings (SSSR count). The van der Waals surface area contributed by atoms with Crippen molar-refractivity contribution in [3.63, 3.8) is 0 Å². The second-order valence-electron chi connectivity index (χ2n) is 4.71. The van der Waals surface area contributed by atoms with Crippen LogP contribution in [0.25, 0.3) is 0 Å². The second-order valence-corrected chi connectivity index (χ2v) is 4.71. The maximum Gasteiger partial charge on any atom is 0.343 e. The number of hydrogen-bond donors (Lipinski definition) is 0. The molecule has 0 aliphatic carbocycles. The highest BCUT2D eigenvalue weighted by molar-refractivity contribution is 5.91. The van der Waals surface area contributed by atoms with E-state index in [1.165, 1.54) is 18.2 Å². The minimum atomic E-state index is -0.663. The molecule has 0 aliphatic rings. The highest BCUT2D eigenvalue weighted by Gasteiger charge is 2.12. The van der Waals surface area contributed by atoms with Crippen LogP contribution in [0.15, 0.2) is 67.8 Å². The Hall–Kier alpha value is -3.08. The van der Waals surface area contributed by atoms with E-state index < -0.39 is 11.8 Å². The second kappa shape index (κ2) is 8.53. The lowest BCUT2D eigenvalue weighted by Crippen LogP contribution is -2.09. The summed E-state index contributed by atoms with van der Waals surface area (Å²) in [5.74, 6) is -0.290. The lowest BCUT2D eigenvalue weighted by molar-refractivity contribution is 0.0734. The van der Waals surface area contributed by atoms with E-state index >= 15 is 0 Å². The zero-order chi connectivity index (χ0) is 17.4. The van der Waals surface area contributed by atoms with Gasteiger partial charge in [-0.3, -0.25) is 0 Å². The number of esters is 1. The molecular formula is C19H17FO4. The summed E-state index contributed by atoms with van der Waals surface area (Å²) in [4.78, 5) is 12.1. The fraction of sp³-hybridized carbons (Fsp3) is 0.105. The Morgan fingerprint density at radius 1 is 0.958 bits per heavy atom. The molecule has 0 atom stereocenters. The first kappa shape index (κ1) is 17.3. The van der Waals surface area contributed by atoms with E-state index in [9.17, 15) is 9.18 Å². The Bertz CT molecular complexity index is 723. The van der Waals surface area contributed by atoms with Crippen LogP contribution in [-0.4, -0.2) is 19.2 Å². The molecule has 5 heteroatoms. The first-order valence-corrected chi connectivity index (χ1v) is 7.23. The van der Waals surface area contributed by atoms with Gasteiger partial charge in [-0.15, -0.1) is 0 Å². The fourth-order valence-corrected chi connectivity index (χ4v) is 1.82. The Morgan fingerprint density at radius 2 is 1.58 bits per heavy atom. The molecule has 0 aromatic heterocycles. The van der Waals surface area contributed by atoms with E-state index in [1.807, 2.05) is 0 Å². The molecule has 0 bridgehead atoms. The predicted octanol–water partition coefficient (Wildman–Crippen LogP) is 4.17. The van der Waals surface area contributed by atoms with Crippen LogP contribution in [0.4, 0.5) is 4.39 Å². The molecule has 0 saturated carbocycles. The molecule has 124 valence electrons. The van der Waals surface area contributed by atoms with E-state index in [2.05, 4.69) is 13.2 Å². The molecule has 4 nitrogen and oxygen atoms in total. The van der Waals surface area contributed by atoms with Crippen molar-refractivity contribution in [2.45, 2.75) is 0 Å². The SMILES string of the molecule is C=CCOc1ccc(OC(=O)c2ccc(OCC=C)c(F)c2)cc1. The summed E-state index contributed by atoms with van der Waals surface area (Å²) in [5.41, 5.74) is 0.0884. The molecule has 0 unspecified atom stereocenters. The Morgan fingerprint density at radius 3 is 2.21 bits per heavy atom. The Kier molecular flexibility index (Phi) is 6.14. The van der Waals surface area contributed by atoms with Gasteiger partial charge in [-0.1, -0.05) is 25.3 Å². The van der Waals surface area contributed by atoms with Crippen molar-refractivity contribution in [3.05, 3.63) is 79.2 Å². The van der Waals surface area contributed by atoms with E-state index in [4.69, 9.17) is 14.2 Å². The molecule has 0 aliphatic heterocycles. The molecule has 0 spiro atoms. The molecule has 0 fully saturated rings. The topological polar surface area (TPSA) is 44.8 Å². The largest absolute Gasteiger partial charge is 0.490 e. The Balaban J connectivity index is 2.02. The third kappa shape index (κ3) is 4.71. The lowest BCUT2D eigenvalue weighted by atomic mass is 10.2. The quantitative estimate of drug-likeness (QED) is 0.414. The number of benzene rings is 2. The zero-order valence-electron chi connectivity index (χ0n) is 13.0. The van der Waals surface area contributed by atoms with Gasteiger partial charge in [0.1, 0.15) is 24.7 Å².